The fraction of sp³-hybridized carbons (Fsp3) is 0.667. The van der Waals surface area contributed by atoms with Gasteiger partial charge in [-0.2, -0.15) is 0 Å². The van der Waals surface area contributed by atoms with Gasteiger partial charge in [0.2, 0.25) is 0 Å². The van der Waals surface area contributed by atoms with E-state index >= 15 is 0 Å². The standard InChI is InChI=1S/C18H30N2/c1-14-9-15(2)11-17(10-14)20(5)13-18(3,4)16-7-6-8-19-12-16/h9-11,16,19H,6-8,12-13H2,1-5H3. The molecule has 0 radical (unpaired) electrons. The lowest BCUT2D eigenvalue weighted by Gasteiger charge is -2.40. The van der Waals surface area contributed by atoms with Gasteiger partial charge in [-0.15, -0.1) is 0 Å². The highest BCUT2D eigenvalue weighted by Crippen LogP contribution is 2.33. The third kappa shape index (κ3) is 3.76. The van der Waals surface area contributed by atoms with E-state index in [0.29, 0.717) is 5.41 Å². The Kier molecular flexibility index (Phi) is 4.74. The van der Waals surface area contributed by atoms with Gasteiger partial charge >= 0.3 is 0 Å². The van der Waals surface area contributed by atoms with Crippen LogP contribution < -0.4 is 10.2 Å². The molecule has 1 aromatic rings. The Hall–Kier alpha value is -1.02. The van der Waals surface area contributed by atoms with Gasteiger partial charge < -0.3 is 10.2 Å². The first-order valence-electron chi connectivity index (χ1n) is 7.88. The number of nitrogens with zero attached hydrogens (tertiary/aromatic N) is 1. The van der Waals surface area contributed by atoms with Crippen molar-refractivity contribution in [2.24, 2.45) is 11.3 Å². The van der Waals surface area contributed by atoms with Crippen molar-refractivity contribution >= 4 is 5.69 Å². The second-order valence-corrected chi connectivity index (χ2v) is 7.23. The molecule has 1 fully saturated rings. The van der Waals surface area contributed by atoms with E-state index in [-0.39, 0.29) is 0 Å². The lowest BCUT2D eigenvalue weighted by Crippen LogP contribution is -2.44. The minimum Gasteiger partial charge on any atom is -0.374 e. The van der Waals surface area contributed by atoms with Gasteiger partial charge in [0.1, 0.15) is 0 Å². The van der Waals surface area contributed by atoms with E-state index in [1.165, 1.54) is 42.7 Å². The van der Waals surface area contributed by atoms with Gasteiger partial charge in [-0.25, -0.2) is 0 Å². The molecule has 0 aliphatic carbocycles. The van der Waals surface area contributed by atoms with Crippen molar-refractivity contribution in [1.29, 1.82) is 0 Å². The molecule has 2 heteroatoms. The predicted octanol–water partition coefficient (Wildman–Crippen LogP) is 3.77. The second kappa shape index (κ2) is 6.17. The summed E-state index contributed by atoms with van der Waals surface area (Å²) in [4.78, 5) is 2.43. The van der Waals surface area contributed by atoms with Crippen molar-refractivity contribution in [2.75, 3.05) is 31.6 Å². The number of anilines is 1. The van der Waals surface area contributed by atoms with Crippen molar-refractivity contribution in [1.82, 2.24) is 5.32 Å². The lowest BCUT2D eigenvalue weighted by atomic mass is 9.74. The van der Waals surface area contributed by atoms with E-state index in [1.54, 1.807) is 0 Å². The van der Waals surface area contributed by atoms with Gasteiger partial charge in [0.25, 0.3) is 0 Å². The first-order chi connectivity index (χ1) is 9.38. The van der Waals surface area contributed by atoms with Gasteiger partial charge in [-0.05, 0) is 74.4 Å². The molecule has 2 nitrogen and oxygen atoms in total. The zero-order valence-corrected chi connectivity index (χ0v) is 13.8. The summed E-state index contributed by atoms with van der Waals surface area (Å²) in [5.41, 5.74) is 4.40. The largest absolute Gasteiger partial charge is 0.374 e. The Labute approximate surface area is 124 Å². The first-order valence-corrected chi connectivity index (χ1v) is 7.88. The molecule has 1 atom stereocenters. The third-order valence-corrected chi connectivity index (χ3v) is 4.69. The Bertz CT molecular complexity index is 424. The van der Waals surface area contributed by atoms with Crippen molar-refractivity contribution in [3.05, 3.63) is 29.3 Å². The quantitative estimate of drug-likeness (QED) is 0.899. The summed E-state index contributed by atoms with van der Waals surface area (Å²) < 4.78 is 0. The Morgan fingerprint density at radius 1 is 1.20 bits per heavy atom. The number of hydrogen-bond donors (Lipinski definition) is 1. The second-order valence-electron chi connectivity index (χ2n) is 7.23. The Balaban J connectivity index is 2.07. The number of nitrogens with one attached hydrogen (secondary N) is 1. The molecule has 1 aliphatic heterocycles. The molecule has 112 valence electrons. The Morgan fingerprint density at radius 2 is 1.85 bits per heavy atom. The summed E-state index contributed by atoms with van der Waals surface area (Å²) in [7, 11) is 2.23. The van der Waals surface area contributed by atoms with Crippen molar-refractivity contribution in [3.63, 3.8) is 0 Å². The molecule has 0 amide bonds. The van der Waals surface area contributed by atoms with Crippen LogP contribution >= 0.6 is 0 Å². The maximum Gasteiger partial charge on any atom is 0.0369 e. The summed E-state index contributed by atoms with van der Waals surface area (Å²) in [6.45, 7) is 12.7. The summed E-state index contributed by atoms with van der Waals surface area (Å²) >= 11 is 0. The van der Waals surface area contributed by atoms with Crippen molar-refractivity contribution < 1.29 is 0 Å². The molecule has 0 aromatic heterocycles. The average molecular weight is 274 g/mol. The van der Waals surface area contributed by atoms with Crippen LogP contribution in [0.15, 0.2) is 18.2 Å². The first kappa shape index (κ1) is 15.4. The van der Waals surface area contributed by atoms with Crippen molar-refractivity contribution in [2.45, 2.75) is 40.5 Å². The zero-order valence-electron chi connectivity index (χ0n) is 13.8. The number of piperidine rings is 1. The monoisotopic (exact) mass is 274 g/mol. The fourth-order valence-electron chi connectivity index (χ4n) is 3.52. The van der Waals surface area contributed by atoms with Gasteiger partial charge in [0, 0.05) is 19.3 Å². The third-order valence-electron chi connectivity index (χ3n) is 4.69. The fourth-order valence-corrected chi connectivity index (χ4v) is 3.52. The maximum atomic E-state index is 3.55. The number of hydrogen-bond acceptors (Lipinski definition) is 2. The van der Waals surface area contributed by atoms with Gasteiger partial charge in [-0.1, -0.05) is 19.9 Å². The highest BCUT2D eigenvalue weighted by molar-refractivity contribution is 5.50. The van der Waals surface area contributed by atoms with Crippen LogP contribution in [0.25, 0.3) is 0 Å². The summed E-state index contributed by atoms with van der Waals surface area (Å²) in [5.74, 6) is 0.782. The topological polar surface area (TPSA) is 15.3 Å². The summed E-state index contributed by atoms with van der Waals surface area (Å²) in [6, 6.07) is 6.83. The molecule has 0 spiro atoms. The van der Waals surface area contributed by atoms with Gasteiger partial charge in [0.15, 0.2) is 0 Å². The highest BCUT2D eigenvalue weighted by Gasteiger charge is 2.31. The van der Waals surface area contributed by atoms with Crippen LogP contribution in [0.1, 0.15) is 37.8 Å². The number of rotatable bonds is 4. The smallest absolute Gasteiger partial charge is 0.0369 e. The van der Waals surface area contributed by atoms with Crippen LogP contribution in [-0.2, 0) is 0 Å². The number of aryl methyl sites for hydroxylation is 2. The molecule has 2 rings (SSSR count). The van der Waals surface area contributed by atoms with Gasteiger partial charge in [-0.3, -0.25) is 0 Å². The maximum absolute atomic E-state index is 3.55. The lowest BCUT2D eigenvalue weighted by molar-refractivity contribution is 0.178. The molecule has 20 heavy (non-hydrogen) atoms. The van der Waals surface area contributed by atoms with Crippen LogP contribution in [0, 0.1) is 25.2 Å². The van der Waals surface area contributed by atoms with Crippen LogP contribution in [0.3, 0.4) is 0 Å². The van der Waals surface area contributed by atoms with Crippen LogP contribution in [0.2, 0.25) is 0 Å². The molecule has 1 unspecified atom stereocenters. The van der Waals surface area contributed by atoms with Crippen LogP contribution in [-0.4, -0.2) is 26.7 Å². The predicted molar refractivity (Wildman–Crippen MR) is 88.6 cm³/mol. The molecule has 0 bridgehead atoms. The average Bonchev–Trinajstić information content (AvgIpc) is 2.38. The van der Waals surface area contributed by atoms with Crippen LogP contribution in [0.5, 0.6) is 0 Å². The van der Waals surface area contributed by atoms with E-state index < -0.39 is 0 Å². The SMILES string of the molecule is Cc1cc(C)cc(N(C)CC(C)(C)C2CCCNC2)c1. The highest BCUT2D eigenvalue weighted by atomic mass is 15.1. The molecule has 1 N–H and O–H groups in total. The normalized spacial score (nSPS) is 19.9. The van der Waals surface area contributed by atoms with E-state index in [2.05, 4.69) is 63.2 Å². The van der Waals surface area contributed by atoms with E-state index in [4.69, 9.17) is 0 Å². The molecule has 1 heterocycles. The molecular weight excluding hydrogens is 244 g/mol. The summed E-state index contributed by atoms with van der Waals surface area (Å²) in [5, 5.41) is 3.55. The molecule has 1 saturated heterocycles. The van der Waals surface area contributed by atoms with Crippen molar-refractivity contribution in [3.8, 4) is 0 Å². The molecular formula is C18H30N2. The zero-order chi connectivity index (χ0) is 14.8. The molecule has 0 saturated carbocycles. The minimum atomic E-state index is 0.347. The minimum absolute atomic E-state index is 0.347. The molecule has 1 aromatic carbocycles. The molecule has 1 aliphatic rings. The number of benzene rings is 1. The van der Waals surface area contributed by atoms with E-state index in [0.717, 1.165) is 12.5 Å². The van der Waals surface area contributed by atoms with E-state index in [9.17, 15) is 0 Å². The summed E-state index contributed by atoms with van der Waals surface area (Å²) in [6.07, 6.45) is 2.68. The van der Waals surface area contributed by atoms with Crippen LogP contribution in [0.4, 0.5) is 5.69 Å². The Morgan fingerprint density at radius 3 is 2.40 bits per heavy atom. The van der Waals surface area contributed by atoms with Gasteiger partial charge in [0.05, 0.1) is 0 Å². The van der Waals surface area contributed by atoms with E-state index in [1.807, 2.05) is 0 Å².